The number of benzene rings is 1. The van der Waals surface area contributed by atoms with Crippen LogP contribution in [0.1, 0.15) is 43.0 Å². The van der Waals surface area contributed by atoms with Gasteiger partial charge in [0.25, 0.3) is 5.91 Å². The summed E-state index contributed by atoms with van der Waals surface area (Å²) in [5.74, 6) is -0.230. The molecule has 7 nitrogen and oxygen atoms in total. The van der Waals surface area contributed by atoms with Gasteiger partial charge in [-0.05, 0) is 30.9 Å². The molecule has 2 saturated heterocycles. The highest BCUT2D eigenvalue weighted by molar-refractivity contribution is 5.94. The number of hydrogen-bond donors (Lipinski definition) is 0. The van der Waals surface area contributed by atoms with Crippen molar-refractivity contribution in [1.82, 2.24) is 19.6 Å². The predicted molar refractivity (Wildman–Crippen MR) is 118 cm³/mol. The molecule has 2 aliphatic heterocycles. The molecule has 0 spiro atoms. The van der Waals surface area contributed by atoms with Gasteiger partial charge in [0, 0.05) is 59.3 Å². The number of nitrogens with zero attached hydrogens (tertiary/aromatic N) is 4. The Labute approximate surface area is 189 Å². The van der Waals surface area contributed by atoms with Crippen LogP contribution in [-0.4, -0.2) is 95.7 Å². The van der Waals surface area contributed by atoms with Gasteiger partial charge in [-0.15, -0.1) is 0 Å². The molecule has 1 atom stereocenters. The monoisotopic (exact) mass is 444 g/mol. The van der Waals surface area contributed by atoms with E-state index in [0.717, 1.165) is 25.7 Å². The molecule has 0 bridgehead atoms. The van der Waals surface area contributed by atoms with Gasteiger partial charge in [-0.25, -0.2) is 4.39 Å². The third-order valence-corrected chi connectivity index (χ3v) is 7.24. The van der Waals surface area contributed by atoms with Gasteiger partial charge in [0.1, 0.15) is 5.82 Å². The molecule has 0 radical (unpaired) electrons. The summed E-state index contributed by atoms with van der Waals surface area (Å²) in [6, 6.07) is 5.91. The maximum atomic E-state index is 14.1. The summed E-state index contributed by atoms with van der Waals surface area (Å²) in [4.78, 5) is 45.6. The van der Waals surface area contributed by atoms with Crippen LogP contribution in [0.25, 0.3) is 0 Å². The molecule has 32 heavy (non-hydrogen) atoms. The largest absolute Gasteiger partial charge is 0.339 e. The lowest BCUT2D eigenvalue weighted by Crippen LogP contribution is -2.60. The summed E-state index contributed by atoms with van der Waals surface area (Å²) >= 11 is 0. The molecule has 174 valence electrons. The summed E-state index contributed by atoms with van der Waals surface area (Å²) in [5.41, 5.74) is 0.104. The van der Waals surface area contributed by atoms with Crippen molar-refractivity contribution in [3.8, 4) is 0 Å². The molecular formula is C24H33FN4O3. The molecule has 1 aromatic carbocycles. The number of carbonyl (C=O) groups is 3. The first-order valence-electron chi connectivity index (χ1n) is 11.8. The summed E-state index contributed by atoms with van der Waals surface area (Å²) < 4.78 is 14.1. The molecule has 0 N–H and O–H groups in total. The van der Waals surface area contributed by atoms with Gasteiger partial charge in [-0.1, -0.05) is 25.0 Å². The minimum Gasteiger partial charge on any atom is -0.339 e. The van der Waals surface area contributed by atoms with E-state index >= 15 is 0 Å². The number of piperazine rings is 2. The van der Waals surface area contributed by atoms with Crippen molar-refractivity contribution < 1.29 is 18.8 Å². The summed E-state index contributed by atoms with van der Waals surface area (Å²) in [5, 5.41) is 0. The second-order valence-corrected chi connectivity index (χ2v) is 9.13. The van der Waals surface area contributed by atoms with Crippen LogP contribution in [0.3, 0.4) is 0 Å². The molecular weight excluding hydrogens is 411 g/mol. The van der Waals surface area contributed by atoms with E-state index in [1.807, 2.05) is 4.90 Å². The molecule has 2 heterocycles. The Bertz CT molecular complexity index is 841. The lowest BCUT2D eigenvalue weighted by Gasteiger charge is -2.44. The van der Waals surface area contributed by atoms with Crippen molar-refractivity contribution in [3.05, 3.63) is 35.6 Å². The third-order valence-electron chi connectivity index (χ3n) is 7.24. The zero-order valence-corrected chi connectivity index (χ0v) is 18.8. The average Bonchev–Trinajstić information content (AvgIpc) is 3.34. The zero-order chi connectivity index (χ0) is 22.7. The fraction of sp³-hybridized carbons (Fsp3) is 0.625. The smallest absolute Gasteiger partial charge is 0.256 e. The SMILES string of the molecule is CC(=O)N1CCN(C(=O)C(C2CCCC2)N2CCN(C(=O)c3ccccc3F)CC2)CC1. The standard InChI is InChI=1S/C24H33FN4O3/c1-18(30)26-10-14-29(15-11-26)24(32)22(19-6-2-3-7-19)27-12-16-28(17-13-27)23(31)20-8-4-5-9-21(20)25/h4-5,8-9,19,22H,2-3,6-7,10-17H2,1H3. The van der Waals surface area contributed by atoms with Crippen LogP contribution < -0.4 is 0 Å². The van der Waals surface area contributed by atoms with E-state index in [1.54, 1.807) is 28.9 Å². The van der Waals surface area contributed by atoms with Crippen LogP contribution in [0.5, 0.6) is 0 Å². The molecule has 3 amide bonds. The van der Waals surface area contributed by atoms with Crippen molar-refractivity contribution in [2.75, 3.05) is 52.4 Å². The zero-order valence-electron chi connectivity index (χ0n) is 18.8. The number of hydrogen-bond acceptors (Lipinski definition) is 4. The lowest BCUT2D eigenvalue weighted by atomic mass is 9.94. The van der Waals surface area contributed by atoms with Crippen molar-refractivity contribution in [2.45, 2.75) is 38.6 Å². The lowest BCUT2D eigenvalue weighted by molar-refractivity contribution is -0.144. The molecule has 4 rings (SSSR count). The number of halogens is 1. The minimum atomic E-state index is -0.497. The average molecular weight is 445 g/mol. The van der Waals surface area contributed by atoms with Crippen molar-refractivity contribution in [1.29, 1.82) is 0 Å². The van der Waals surface area contributed by atoms with Gasteiger partial charge >= 0.3 is 0 Å². The third kappa shape index (κ3) is 4.80. The Morgan fingerprint density at radius 1 is 0.844 bits per heavy atom. The topological polar surface area (TPSA) is 64.2 Å². The first-order valence-corrected chi connectivity index (χ1v) is 11.8. The molecule has 1 saturated carbocycles. The normalized spacial score (nSPS) is 21.6. The van der Waals surface area contributed by atoms with E-state index in [9.17, 15) is 18.8 Å². The van der Waals surface area contributed by atoms with Crippen LogP contribution in [0, 0.1) is 11.7 Å². The molecule has 1 aliphatic carbocycles. The predicted octanol–water partition coefficient (Wildman–Crippen LogP) is 1.83. The first-order chi connectivity index (χ1) is 15.5. The van der Waals surface area contributed by atoms with Crippen molar-refractivity contribution >= 4 is 17.7 Å². The fourth-order valence-corrected chi connectivity index (χ4v) is 5.37. The van der Waals surface area contributed by atoms with Gasteiger partial charge in [-0.2, -0.15) is 0 Å². The highest BCUT2D eigenvalue weighted by Crippen LogP contribution is 2.32. The van der Waals surface area contributed by atoms with E-state index < -0.39 is 5.82 Å². The summed E-state index contributed by atoms with van der Waals surface area (Å²) in [6.07, 6.45) is 4.41. The minimum absolute atomic E-state index is 0.0556. The van der Waals surface area contributed by atoms with Gasteiger partial charge in [0.2, 0.25) is 11.8 Å². The van der Waals surface area contributed by atoms with Crippen LogP contribution >= 0.6 is 0 Å². The highest BCUT2D eigenvalue weighted by atomic mass is 19.1. The van der Waals surface area contributed by atoms with Crippen molar-refractivity contribution in [3.63, 3.8) is 0 Å². The molecule has 8 heteroatoms. The number of carbonyl (C=O) groups excluding carboxylic acids is 3. The summed E-state index contributed by atoms with van der Waals surface area (Å²) in [7, 11) is 0. The van der Waals surface area contributed by atoms with E-state index in [-0.39, 0.29) is 29.3 Å². The Morgan fingerprint density at radius 3 is 2.00 bits per heavy atom. The Morgan fingerprint density at radius 2 is 1.41 bits per heavy atom. The van der Waals surface area contributed by atoms with Crippen LogP contribution in [0.2, 0.25) is 0 Å². The van der Waals surface area contributed by atoms with Crippen LogP contribution in [0.4, 0.5) is 4.39 Å². The second kappa shape index (κ2) is 9.98. The Balaban J connectivity index is 1.41. The van der Waals surface area contributed by atoms with Crippen molar-refractivity contribution in [2.24, 2.45) is 5.92 Å². The van der Waals surface area contributed by atoms with Gasteiger partial charge in [0.15, 0.2) is 0 Å². The molecule has 1 unspecified atom stereocenters. The molecule has 0 aromatic heterocycles. The molecule has 3 aliphatic rings. The number of rotatable bonds is 4. The van der Waals surface area contributed by atoms with Crippen LogP contribution in [-0.2, 0) is 9.59 Å². The molecule has 3 fully saturated rings. The van der Waals surface area contributed by atoms with E-state index in [1.165, 1.54) is 12.1 Å². The van der Waals surface area contributed by atoms with Gasteiger partial charge in [0.05, 0.1) is 11.6 Å². The quantitative estimate of drug-likeness (QED) is 0.711. The van der Waals surface area contributed by atoms with Gasteiger partial charge < -0.3 is 14.7 Å². The maximum absolute atomic E-state index is 14.1. The molecule has 1 aromatic rings. The van der Waals surface area contributed by atoms with Crippen LogP contribution in [0.15, 0.2) is 24.3 Å². The highest BCUT2D eigenvalue weighted by Gasteiger charge is 2.40. The summed E-state index contributed by atoms with van der Waals surface area (Å²) in [6.45, 7) is 6.10. The second-order valence-electron chi connectivity index (χ2n) is 9.13. The first kappa shape index (κ1) is 22.7. The fourth-order valence-electron chi connectivity index (χ4n) is 5.37. The van der Waals surface area contributed by atoms with Gasteiger partial charge in [-0.3, -0.25) is 19.3 Å². The Hall–Kier alpha value is -2.48. The number of amides is 3. The van der Waals surface area contributed by atoms with E-state index in [0.29, 0.717) is 58.3 Å². The maximum Gasteiger partial charge on any atom is 0.256 e. The van der Waals surface area contributed by atoms with E-state index in [2.05, 4.69) is 4.90 Å². The van der Waals surface area contributed by atoms with E-state index in [4.69, 9.17) is 0 Å². The Kier molecular flexibility index (Phi) is 7.08.